The smallest absolute Gasteiger partial charge is 0.243 e. The van der Waals surface area contributed by atoms with Crippen molar-refractivity contribution in [2.24, 2.45) is 11.0 Å². The van der Waals surface area contributed by atoms with E-state index in [1.165, 1.54) is 5.00 Å². The highest BCUT2D eigenvalue weighted by atomic mass is 32.1. The van der Waals surface area contributed by atoms with Gasteiger partial charge in [0.05, 0.1) is 24.4 Å². The van der Waals surface area contributed by atoms with Crippen LogP contribution in [0.1, 0.15) is 17.7 Å². The zero-order valence-electron chi connectivity index (χ0n) is 10.7. The Morgan fingerprint density at radius 1 is 1.42 bits per heavy atom. The number of morpholine rings is 1. The molecule has 3 rings (SSSR count). The van der Waals surface area contributed by atoms with Crippen molar-refractivity contribution in [2.75, 3.05) is 31.2 Å². The Balaban J connectivity index is 1.54. The van der Waals surface area contributed by atoms with Crippen LogP contribution in [0.15, 0.2) is 17.2 Å². The highest BCUT2D eigenvalue weighted by molar-refractivity contribution is 7.17. The SMILES string of the molecule is O=C(N/N=C/c1ccc(N2CCOCC2)s1)C1CC1. The van der Waals surface area contributed by atoms with Gasteiger partial charge in [0.2, 0.25) is 5.91 Å². The maximum Gasteiger partial charge on any atom is 0.243 e. The van der Waals surface area contributed by atoms with Crippen molar-refractivity contribution in [3.63, 3.8) is 0 Å². The lowest BCUT2D eigenvalue weighted by atomic mass is 10.4. The van der Waals surface area contributed by atoms with E-state index in [0.717, 1.165) is 44.0 Å². The Hall–Kier alpha value is -1.40. The molecule has 1 aromatic rings. The number of hydrazone groups is 1. The molecule has 0 spiro atoms. The summed E-state index contributed by atoms with van der Waals surface area (Å²) in [4.78, 5) is 14.8. The molecule has 1 N–H and O–H groups in total. The molecule has 0 atom stereocenters. The van der Waals surface area contributed by atoms with E-state index in [9.17, 15) is 4.79 Å². The molecule has 6 heteroatoms. The Morgan fingerprint density at radius 3 is 2.95 bits per heavy atom. The molecular weight excluding hydrogens is 262 g/mol. The van der Waals surface area contributed by atoms with Gasteiger partial charge >= 0.3 is 0 Å². The van der Waals surface area contributed by atoms with Gasteiger partial charge in [0.15, 0.2) is 0 Å². The lowest BCUT2D eigenvalue weighted by Crippen LogP contribution is -2.35. The van der Waals surface area contributed by atoms with Crippen LogP contribution in [0, 0.1) is 5.92 Å². The summed E-state index contributed by atoms with van der Waals surface area (Å²) in [7, 11) is 0. The standard InChI is InChI=1S/C13H17N3O2S/c17-13(10-1-2-10)15-14-9-11-3-4-12(19-11)16-5-7-18-8-6-16/h3-4,9-10H,1-2,5-8H2,(H,15,17)/b14-9+. The van der Waals surface area contributed by atoms with Crippen LogP contribution < -0.4 is 10.3 Å². The molecule has 1 aliphatic heterocycles. The first-order valence-corrected chi connectivity index (χ1v) is 7.40. The summed E-state index contributed by atoms with van der Waals surface area (Å²) in [6.07, 6.45) is 3.72. The monoisotopic (exact) mass is 279 g/mol. The summed E-state index contributed by atoms with van der Waals surface area (Å²) in [6, 6.07) is 4.13. The van der Waals surface area contributed by atoms with Crippen molar-refractivity contribution in [3.8, 4) is 0 Å². The van der Waals surface area contributed by atoms with Crippen LogP contribution in [0.2, 0.25) is 0 Å². The molecule has 0 unspecified atom stereocenters. The molecule has 1 saturated heterocycles. The predicted octanol–water partition coefficient (Wildman–Crippen LogP) is 1.44. The highest BCUT2D eigenvalue weighted by Gasteiger charge is 2.29. The minimum Gasteiger partial charge on any atom is -0.378 e. The summed E-state index contributed by atoms with van der Waals surface area (Å²) in [6.45, 7) is 3.46. The maximum absolute atomic E-state index is 11.4. The average Bonchev–Trinajstić information content (AvgIpc) is 3.20. The van der Waals surface area contributed by atoms with E-state index in [1.54, 1.807) is 17.6 Å². The minimum absolute atomic E-state index is 0.0428. The fraction of sp³-hybridized carbons (Fsp3) is 0.538. The summed E-state index contributed by atoms with van der Waals surface area (Å²) in [5, 5.41) is 5.24. The quantitative estimate of drug-likeness (QED) is 0.670. The van der Waals surface area contributed by atoms with Gasteiger partial charge in [0.25, 0.3) is 0 Å². The number of ether oxygens (including phenoxy) is 1. The second-order valence-electron chi connectivity index (χ2n) is 4.78. The fourth-order valence-electron chi connectivity index (χ4n) is 1.96. The number of thiophene rings is 1. The van der Waals surface area contributed by atoms with Crippen molar-refractivity contribution in [1.29, 1.82) is 0 Å². The molecule has 102 valence electrons. The number of nitrogens with zero attached hydrogens (tertiary/aromatic N) is 2. The molecule has 1 amide bonds. The second kappa shape index (κ2) is 5.71. The van der Waals surface area contributed by atoms with E-state index < -0.39 is 0 Å². The molecule has 0 bridgehead atoms. The van der Waals surface area contributed by atoms with Gasteiger partial charge in [-0.25, -0.2) is 5.43 Å². The molecule has 1 saturated carbocycles. The number of nitrogens with one attached hydrogen (secondary N) is 1. The molecule has 0 radical (unpaired) electrons. The zero-order chi connectivity index (χ0) is 13.1. The van der Waals surface area contributed by atoms with Crippen LogP contribution in [0.5, 0.6) is 0 Å². The Labute approximate surface area is 116 Å². The average molecular weight is 279 g/mol. The number of carbonyl (C=O) groups is 1. The number of hydrogen-bond donors (Lipinski definition) is 1. The van der Waals surface area contributed by atoms with E-state index in [2.05, 4.69) is 21.5 Å². The maximum atomic E-state index is 11.4. The lowest BCUT2D eigenvalue weighted by molar-refractivity contribution is -0.122. The van der Waals surface area contributed by atoms with Crippen LogP contribution in [0.4, 0.5) is 5.00 Å². The van der Waals surface area contributed by atoms with Crippen LogP contribution in [-0.2, 0) is 9.53 Å². The van der Waals surface area contributed by atoms with Crippen LogP contribution >= 0.6 is 11.3 Å². The molecule has 1 aliphatic carbocycles. The molecule has 0 aromatic carbocycles. The Kier molecular flexibility index (Phi) is 3.79. The van der Waals surface area contributed by atoms with E-state index in [1.807, 2.05) is 6.07 Å². The predicted molar refractivity (Wildman–Crippen MR) is 75.8 cm³/mol. The van der Waals surface area contributed by atoms with Crippen molar-refractivity contribution in [3.05, 3.63) is 17.0 Å². The van der Waals surface area contributed by atoms with E-state index >= 15 is 0 Å². The molecule has 1 aromatic heterocycles. The van der Waals surface area contributed by atoms with Gasteiger partial charge in [0, 0.05) is 23.9 Å². The van der Waals surface area contributed by atoms with Gasteiger partial charge in [-0.1, -0.05) is 0 Å². The molecule has 2 aliphatic rings. The van der Waals surface area contributed by atoms with Crippen molar-refractivity contribution >= 4 is 28.5 Å². The molecule has 5 nitrogen and oxygen atoms in total. The topological polar surface area (TPSA) is 53.9 Å². The van der Waals surface area contributed by atoms with Gasteiger partial charge < -0.3 is 9.64 Å². The summed E-state index contributed by atoms with van der Waals surface area (Å²) in [5.74, 6) is 0.241. The first-order chi connectivity index (χ1) is 9.33. The molecule has 19 heavy (non-hydrogen) atoms. The summed E-state index contributed by atoms with van der Waals surface area (Å²) >= 11 is 1.68. The van der Waals surface area contributed by atoms with Gasteiger partial charge in [-0.3, -0.25) is 4.79 Å². The zero-order valence-corrected chi connectivity index (χ0v) is 11.5. The van der Waals surface area contributed by atoms with E-state index in [0.29, 0.717) is 0 Å². The fourth-order valence-corrected chi connectivity index (χ4v) is 2.89. The lowest BCUT2D eigenvalue weighted by Gasteiger charge is -2.27. The third-order valence-corrected chi connectivity index (χ3v) is 4.33. The van der Waals surface area contributed by atoms with Crippen molar-refractivity contribution in [2.45, 2.75) is 12.8 Å². The number of hydrogen-bond acceptors (Lipinski definition) is 5. The van der Waals surface area contributed by atoms with Crippen LogP contribution in [-0.4, -0.2) is 38.4 Å². The van der Waals surface area contributed by atoms with Crippen molar-refractivity contribution in [1.82, 2.24) is 5.43 Å². The molecule has 2 heterocycles. The highest BCUT2D eigenvalue weighted by Crippen LogP contribution is 2.28. The number of rotatable bonds is 4. The van der Waals surface area contributed by atoms with E-state index in [4.69, 9.17) is 4.74 Å². The van der Waals surface area contributed by atoms with Crippen LogP contribution in [0.25, 0.3) is 0 Å². The molecular formula is C13H17N3O2S. The third kappa shape index (κ3) is 3.33. The third-order valence-electron chi connectivity index (χ3n) is 3.25. The first-order valence-electron chi connectivity index (χ1n) is 6.58. The first kappa shape index (κ1) is 12.6. The van der Waals surface area contributed by atoms with Gasteiger partial charge in [-0.2, -0.15) is 5.10 Å². The number of amides is 1. The van der Waals surface area contributed by atoms with E-state index in [-0.39, 0.29) is 11.8 Å². The second-order valence-corrected chi connectivity index (χ2v) is 5.88. The Bertz CT molecular complexity index is 476. The van der Waals surface area contributed by atoms with Gasteiger partial charge in [-0.05, 0) is 25.0 Å². The summed E-state index contributed by atoms with van der Waals surface area (Å²) < 4.78 is 5.34. The van der Waals surface area contributed by atoms with Crippen molar-refractivity contribution < 1.29 is 9.53 Å². The molecule has 2 fully saturated rings. The normalized spacial score (nSPS) is 19.9. The largest absolute Gasteiger partial charge is 0.378 e. The Morgan fingerprint density at radius 2 is 2.21 bits per heavy atom. The number of carbonyl (C=O) groups excluding carboxylic acids is 1. The summed E-state index contributed by atoms with van der Waals surface area (Å²) in [5.41, 5.74) is 2.59. The van der Waals surface area contributed by atoms with Gasteiger partial charge in [-0.15, -0.1) is 11.3 Å². The minimum atomic E-state index is 0.0428. The van der Waals surface area contributed by atoms with Gasteiger partial charge in [0.1, 0.15) is 0 Å². The number of anilines is 1. The van der Waals surface area contributed by atoms with Crippen LogP contribution in [0.3, 0.4) is 0 Å².